The molecule has 0 spiro atoms. The van der Waals surface area contributed by atoms with Gasteiger partial charge in [0.25, 0.3) is 0 Å². The molecule has 4 aromatic heterocycles. The van der Waals surface area contributed by atoms with Crippen molar-refractivity contribution in [2.24, 2.45) is 9.98 Å². The van der Waals surface area contributed by atoms with Crippen LogP contribution in [0.4, 0.5) is 0 Å². The maximum atomic E-state index is 5.46. The van der Waals surface area contributed by atoms with Crippen LogP contribution in [0.1, 0.15) is 187 Å². The fraction of sp³-hybridized carbons (Fsp3) is 0.333. The Labute approximate surface area is 508 Å². The second kappa shape index (κ2) is 21.9. The van der Waals surface area contributed by atoms with Crippen molar-refractivity contribution in [2.45, 2.75) is 174 Å². The lowest BCUT2D eigenvalue weighted by molar-refractivity contribution is 0.813. The summed E-state index contributed by atoms with van der Waals surface area (Å²) in [6, 6.07) is 18.9. The summed E-state index contributed by atoms with van der Waals surface area (Å²) in [6.45, 7) is 36.8. The fourth-order valence-electron chi connectivity index (χ4n) is 15.9. The third-order valence-electron chi connectivity index (χ3n) is 20.7. The van der Waals surface area contributed by atoms with Gasteiger partial charge in [-0.2, -0.15) is 0 Å². The predicted octanol–water partition coefficient (Wildman–Crippen LogP) is 15.3. The molecule has 0 saturated heterocycles. The lowest BCUT2D eigenvalue weighted by Crippen LogP contribution is -2.26. The highest BCUT2D eigenvalue weighted by molar-refractivity contribution is 6.24. The zero-order chi connectivity index (χ0) is 60.3. The van der Waals surface area contributed by atoms with E-state index in [9.17, 15) is 0 Å². The van der Waals surface area contributed by atoms with Gasteiger partial charge in [-0.1, -0.05) is 91.8 Å². The number of benzene rings is 3. The largest absolute Gasteiger partial charge is 0.374 e. The van der Waals surface area contributed by atoms with Crippen molar-refractivity contribution in [1.82, 2.24) is 30.6 Å². The van der Waals surface area contributed by atoms with E-state index in [0.29, 0.717) is 0 Å². The van der Waals surface area contributed by atoms with Crippen LogP contribution in [0.2, 0.25) is 0 Å². The Morgan fingerprint density at radius 1 is 0.395 bits per heavy atom. The van der Waals surface area contributed by atoms with Crippen LogP contribution in [0.25, 0.3) is 69.1 Å². The molecule has 13 rings (SSSR count). The molecule has 438 valence electrons. The standard InChI is InChI=1S/C78H86N8/c1-17-49-39(9)61-33-69-53(21-5)43(13)75(83-69)73(76-44(14)54(22-6)70(84-76)34-62-40(10)50(18-2)66(80-62)37-65(49)79-61)57-29-25-27-47-31-48-28-26-30-58(60(48)32-59(47)57)74-77-45(15)55(23-7)71(85-77)35-63-41(11)51(19-3)67(81-63)38-68-52(20-4)42(12)64(82-68)36-72-56(24-8)46(16)78(74)86-72/h25-38,69,71,79,81,83-86H,17-24H2,1-16H3/b61-33-,62-34-,63-35-,64-36-,65-37-,67-38-,75-73-,77-74-. The second-order valence-electron chi connectivity index (χ2n) is 24.8. The Morgan fingerprint density at radius 3 is 1.17 bits per heavy atom. The summed E-state index contributed by atoms with van der Waals surface area (Å²) < 4.78 is 0. The quantitative estimate of drug-likeness (QED) is 0.0767. The first kappa shape index (κ1) is 56.8. The van der Waals surface area contributed by atoms with Crippen LogP contribution in [-0.4, -0.2) is 43.4 Å². The first-order valence-corrected chi connectivity index (χ1v) is 32.2. The molecule has 8 nitrogen and oxygen atoms in total. The third-order valence-corrected chi connectivity index (χ3v) is 20.7. The number of hydrogen-bond acceptors (Lipinski definition) is 4. The molecule has 6 N–H and O–H groups in total. The number of nitrogens with zero attached hydrogens (tertiary/aromatic N) is 2. The zero-order valence-corrected chi connectivity index (χ0v) is 53.8. The van der Waals surface area contributed by atoms with Gasteiger partial charge in [0.15, 0.2) is 0 Å². The molecule has 2 unspecified atom stereocenters. The summed E-state index contributed by atoms with van der Waals surface area (Å²) in [5, 5.41) is 18.0. The summed E-state index contributed by atoms with van der Waals surface area (Å²) >= 11 is 0. The normalized spacial score (nSPS) is 22.9. The van der Waals surface area contributed by atoms with E-state index in [4.69, 9.17) is 9.98 Å². The van der Waals surface area contributed by atoms with Gasteiger partial charge in [-0.25, -0.2) is 9.98 Å². The van der Waals surface area contributed by atoms with Gasteiger partial charge in [-0.3, -0.25) is 0 Å². The van der Waals surface area contributed by atoms with Crippen molar-refractivity contribution in [3.8, 4) is 0 Å². The number of H-pyrrole nitrogens is 4. The highest BCUT2D eigenvalue weighted by Gasteiger charge is 2.34. The zero-order valence-electron chi connectivity index (χ0n) is 53.8. The third kappa shape index (κ3) is 8.74. The van der Waals surface area contributed by atoms with Crippen LogP contribution < -0.4 is 32.0 Å². The Kier molecular flexibility index (Phi) is 14.4. The van der Waals surface area contributed by atoms with E-state index in [-0.39, 0.29) is 12.1 Å². The Hall–Kier alpha value is -8.36. The van der Waals surface area contributed by atoms with Crippen LogP contribution in [0, 0.1) is 27.7 Å². The molecule has 0 fully saturated rings. The average Bonchev–Trinajstić information content (AvgIpc) is 1.51. The molecule has 7 aromatic rings. The minimum atomic E-state index is -0.00990. The van der Waals surface area contributed by atoms with Crippen LogP contribution in [0.3, 0.4) is 0 Å². The van der Waals surface area contributed by atoms with E-state index in [1.807, 2.05) is 0 Å². The van der Waals surface area contributed by atoms with Gasteiger partial charge in [0.2, 0.25) is 0 Å². The van der Waals surface area contributed by atoms with Crippen LogP contribution >= 0.6 is 0 Å². The Bertz CT molecular complexity index is 4450. The fourth-order valence-corrected chi connectivity index (χ4v) is 15.9. The van der Waals surface area contributed by atoms with Crippen LogP contribution in [0.15, 0.2) is 126 Å². The maximum absolute atomic E-state index is 5.46. The highest BCUT2D eigenvalue weighted by atomic mass is 15.0. The molecular formula is C78H86N8. The lowest BCUT2D eigenvalue weighted by atomic mass is 9.87. The molecule has 0 radical (unpaired) electrons. The van der Waals surface area contributed by atoms with Crippen LogP contribution in [0.5, 0.6) is 0 Å². The Balaban J connectivity index is 1.10. The smallest absolute Gasteiger partial charge is 0.0693 e. The van der Waals surface area contributed by atoms with Gasteiger partial charge in [0.05, 0.1) is 46.3 Å². The molecule has 8 heteroatoms. The van der Waals surface area contributed by atoms with Gasteiger partial charge in [0, 0.05) is 55.3 Å². The van der Waals surface area contributed by atoms with Crippen molar-refractivity contribution >= 4 is 80.6 Å². The number of aliphatic imine (C=N–C) groups is 2. The van der Waals surface area contributed by atoms with Crippen molar-refractivity contribution in [3.63, 3.8) is 0 Å². The van der Waals surface area contributed by atoms with Gasteiger partial charge in [-0.15, -0.1) is 0 Å². The van der Waals surface area contributed by atoms with E-state index in [0.717, 1.165) is 108 Å². The molecule has 86 heavy (non-hydrogen) atoms. The molecule has 0 saturated carbocycles. The molecular weight excluding hydrogens is 1050 g/mol. The second-order valence-corrected chi connectivity index (χ2v) is 24.8. The molecule has 10 heterocycles. The van der Waals surface area contributed by atoms with E-state index in [2.05, 4.69) is 226 Å². The van der Waals surface area contributed by atoms with E-state index >= 15 is 0 Å². The number of fused-ring (bicyclic) bond motifs is 16. The van der Waals surface area contributed by atoms with E-state index < -0.39 is 0 Å². The molecule has 6 aliphatic heterocycles. The van der Waals surface area contributed by atoms with Gasteiger partial charge >= 0.3 is 0 Å². The first-order chi connectivity index (χ1) is 41.6. The Morgan fingerprint density at radius 2 is 0.802 bits per heavy atom. The topological polar surface area (TPSA) is 112 Å². The molecule has 16 bridgehead atoms. The summed E-state index contributed by atoms with van der Waals surface area (Å²) in [6.07, 6.45) is 21.5. The van der Waals surface area contributed by atoms with Crippen molar-refractivity contribution < 1.29 is 0 Å². The van der Waals surface area contributed by atoms with E-state index in [1.165, 1.54) is 155 Å². The monoisotopic (exact) mass is 1130 g/mol. The minimum Gasteiger partial charge on any atom is -0.374 e. The van der Waals surface area contributed by atoms with E-state index in [1.54, 1.807) is 0 Å². The SMILES string of the molecule is CCC1=C(C)/C2=C/c3[nH]c(c(C)c3CC)/C(c3cccc4cc5cccc(/C6=C7/NC(/C=c8\[nH]/c(c(CC)c8C)=C\C8=NC(=C\c9[nH]c6c(C)c9CC)/C(C)=C8CC)C(CC)=C7C)c5cc34)=C3\NC(/C=c4\[nH]/c(c(CC)c4C)=C\C1=N2)C(CC)=C3C. The highest BCUT2D eigenvalue weighted by Crippen LogP contribution is 2.46. The summed E-state index contributed by atoms with van der Waals surface area (Å²) in [7, 11) is 0. The minimum absolute atomic E-state index is 0.00990. The number of aromatic amines is 4. The maximum Gasteiger partial charge on any atom is 0.0693 e. The number of allylic oxidation sites excluding steroid dienone is 6. The van der Waals surface area contributed by atoms with Gasteiger partial charge < -0.3 is 30.6 Å². The summed E-state index contributed by atoms with van der Waals surface area (Å²) in [4.78, 5) is 27.1. The number of nitrogens with one attached hydrogen (secondary N) is 6. The summed E-state index contributed by atoms with van der Waals surface area (Å²) in [5.41, 5.74) is 36.8. The lowest BCUT2D eigenvalue weighted by Gasteiger charge is -2.20. The molecule has 0 amide bonds. The molecule has 3 aromatic carbocycles. The number of rotatable bonds is 10. The van der Waals surface area contributed by atoms with Crippen LogP contribution in [-0.2, 0) is 25.7 Å². The van der Waals surface area contributed by atoms with Gasteiger partial charge in [0.1, 0.15) is 0 Å². The number of aromatic nitrogens is 4. The van der Waals surface area contributed by atoms with Gasteiger partial charge in [-0.05, 0) is 277 Å². The van der Waals surface area contributed by atoms with Crippen molar-refractivity contribution in [3.05, 3.63) is 216 Å². The average molecular weight is 1140 g/mol. The molecule has 6 aliphatic rings. The molecule has 0 aliphatic carbocycles. The summed E-state index contributed by atoms with van der Waals surface area (Å²) in [5.74, 6) is 0. The molecule has 2 atom stereocenters. The van der Waals surface area contributed by atoms with Crippen molar-refractivity contribution in [2.75, 3.05) is 0 Å². The van der Waals surface area contributed by atoms with Crippen molar-refractivity contribution in [1.29, 1.82) is 0 Å². The number of hydrogen-bond donors (Lipinski definition) is 6. The predicted molar refractivity (Wildman–Crippen MR) is 366 cm³/mol. The first-order valence-electron chi connectivity index (χ1n) is 32.2.